The molecule has 0 amide bonds. The third-order valence-corrected chi connectivity index (χ3v) is 7.66. The van der Waals surface area contributed by atoms with Crippen LogP contribution in [-0.2, 0) is 11.8 Å². The number of nitriles is 1. The predicted molar refractivity (Wildman–Crippen MR) is 125 cm³/mol. The Hall–Kier alpha value is -2.84. The highest BCUT2D eigenvalue weighted by Crippen LogP contribution is 2.55. The summed E-state index contributed by atoms with van der Waals surface area (Å²) >= 11 is 3.60. The van der Waals surface area contributed by atoms with Crippen molar-refractivity contribution in [2.75, 3.05) is 0 Å². The summed E-state index contributed by atoms with van der Waals surface area (Å²) < 4.78 is 3.08. The van der Waals surface area contributed by atoms with Crippen LogP contribution < -0.4 is 0 Å². The zero-order chi connectivity index (χ0) is 21.8. The second-order valence-electron chi connectivity index (χ2n) is 8.94. The molecule has 0 bridgehead atoms. The second kappa shape index (κ2) is 7.39. The molecule has 0 saturated carbocycles. The van der Waals surface area contributed by atoms with Gasteiger partial charge in [-0.3, -0.25) is 0 Å². The molecule has 2 aliphatic rings. The van der Waals surface area contributed by atoms with E-state index >= 15 is 0 Å². The first kappa shape index (κ1) is 20.1. The summed E-state index contributed by atoms with van der Waals surface area (Å²) in [7, 11) is 0. The Morgan fingerprint density at radius 2 is 1.97 bits per heavy atom. The number of benzene rings is 2. The fourth-order valence-corrected chi connectivity index (χ4v) is 6.11. The van der Waals surface area contributed by atoms with Crippen molar-refractivity contribution in [1.29, 1.82) is 5.26 Å². The van der Waals surface area contributed by atoms with Crippen molar-refractivity contribution >= 4 is 15.9 Å². The van der Waals surface area contributed by atoms with Gasteiger partial charge in [-0.1, -0.05) is 66.2 Å². The van der Waals surface area contributed by atoms with Gasteiger partial charge in [0.2, 0.25) is 0 Å². The van der Waals surface area contributed by atoms with Crippen LogP contribution in [-0.4, -0.2) is 14.9 Å². The highest BCUT2D eigenvalue weighted by Gasteiger charge is 2.51. The van der Waals surface area contributed by atoms with Crippen molar-refractivity contribution < 1.29 is 5.11 Å². The molecule has 0 radical (unpaired) electrons. The SMILES string of the molecule is C[C@H]1C(O)=C(C#N)C[C@@]2(C)c3c(c(-c4ccccc4)nn3-c3cccc(Br)c3)CC[C@H]12. The molecule has 3 aromatic rings. The molecular formula is C26H24BrN3O. The van der Waals surface area contributed by atoms with Gasteiger partial charge in [-0.15, -0.1) is 0 Å². The molecule has 2 aliphatic carbocycles. The smallest absolute Gasteiger partial charge is 0.109 e. The Labute approximate surface area is 191 Å². The van der Waals surface area contributed by atoms with E-state index in [2.05, 4.69) is 64.8 Å². The van der Waals surface area contributed by atoms with E-state index in [0.717, 1.165) is 34.3 Å². The lowest BCUT2D eigenvalue weighted by molar-refractivity contribution is 0.134. The quantitative estimate of drug-likeness (QED) is 0.461. The number of hydrogen-bond acceptors (Lipinski definition) is 3. The molecule has 2 aromatic carbocycles. The van der Waals surface area contributed by atoms with E-state index in [4.69, 9.17) is 5.10 Å². The Morgan fingerprint density at radius 3 is 2.68 bits per heavy atom. The topological polar surface area (TPSA) is 61.8 Å². The van der Waals surface area contributed by atoms with Gasteiger partial charge < -0.3 is 5.11 Å². The lowest BCUT2D eigenvalue weighted by Crippen LogP contribution is -2.45. The van der Waals surface area contributed by atoms with Gasteiger partial charge in [-0.2, -0.15) is 10.4 Å². The number of nitrogens with zero attached hydrogens (tertiary/aromatic N) is 3. The van der Waals surface area contributed by atoms with Gasteiger partial charge >= 0.3 is 0 Å². The maximum atomic E-state index is 10.7. The standard InChI is InChI=1S/C26H24BrN3O/c1-16-22-12-11-21-23(17-7-4-3-5-8-17)29-30(20-10-6-9-19(27)13-20)25(21)26(22,2)14-18(15-28)24(16)31/h3-10,13,16,22,31H,11-12,14H2,1-2H3/t16-,22-,26-/m1/s1. The summed E-state index contributed by atoms with van der Waals surface area (Å²) in [5, 5.41) is 25.6. The molecule has 0 unspecified atom stereocenters. The monoisotopic (exact) mass is 473 g/mol. The normalized spacial score (nSPS) is 25.0. The number of fused-ring (bicyclic) bond motifs is 3. The van der Waals surface area contributed by atoms with Gasteiger partial charge in [0, 0.05) is 26.9 Å². The fraction of sp³-hybridized carbons (Fsp3) is 0.308. The molecule has 5 rings (SSSR count). The number of hydrogen-bond donors (Lipinski definition) is 1. The fourth-order valence-electron chi connectivity index (χ4n) is 5.73. The predicted octanol–water partition coefficient (Wildman–Crippen LogP) is 6.50. The van der Waals surface area contributed by atoms with Gasteiger partial charge in [0.1, 0.15) is 5.76 Å². The van der Waals surface area contributed by atoms with Crippen LogP contribution in [0.3, 0.4) is 0 Å². The van der Waals surface area contributed by atoms with Crippen molar-refractivity contribution in [3.05, 3.63) is 81.7 Å². The van der Waals surface area contributed by atoms with Gasteiger partial charge in [0.15, 0.2) is 0 Å². The van der Waals surface area contributed by atoms with Crippen LogP contribution in [0, 0.1) is 23.2 Å². The lowest BCUT2D eigenvalue weighted by atomic mass is 9.56. The number of rotatable bonds is 2. The van der Waals surface area contributed by atoms with Crippen LogP contribution in [0.15, 0.2) is 70.4 Å². The van der Waals surface area contributed by atoms with Crippen LogP contribution in [0.5, 0.6) is 0 Å². The van der Waals surface area contributed by atoms with E-state index in [9.17, 15) is 10.4 Å². The lowest BCUT2D eigenvalue weighted by Gasteiger charge is -2.47. The largest absolute Gasteiger partial charge is 0.511 e. The Kier molecular flexibility index (Phi) is 4.79. The molecule has 156 valence electrons. The zero-order valence-corrected chi connectivity index (χ0v) is 19.2. The summed E-state index contributed by atoms with van der Waals surface area (Å²) in [5.74, 6) is 0.473. The minimum atomic E-state index is -0.285. The van der Waals surface area contributed by atoms with E-state index in [-0.39, 0.29) is 23.0 Å². The van der Waals surface area contributed by atoms with E-state index < -0.39 is 0 Å². The van der Waals surface area contributed by atoms with Crippen LogP contribution >= 0.6 is 15.9 Å². The Morgan fingerprint density at radius 1 is 1.19 bits per heavy atom. The van der Waals surface area contributed by atoms with Crippen molar-refractivity contribution in [1.82, 2.24) is 9.78 Å². The maximum Gasteiger partial charge on any atom is 0.109 e. The minimum Gasteiger partial charge on any atom is -0.511 e. The molecule has 0 spiro atoms. The van der Waals surface area contributed by atoms with E-state index in [1.54, 1.807) is 0 Å². The molecule has 1 aromatic heterocycles. The van der Waals surface area contributed by atoms with E-state index in [1.807, 2.05) is 30.3 Å². The molecule has 3 atom stereocenters. The first-order valence-electron chi connectivity index (χ1n) is 10.7. The summed E-state index contributed by atoms with van der Waals surface area (Å²) in [6.45, 7) is 4.30. The Balaban J connectivity index is 1.80. The summed E-state index contributed by atoms with van der Waals surface area (Å²) in [5.41, 5.74) is 5.77. The maximum absolute atomic E-state index is 10.7. The summed E-state index contributed by atoms with van der Waals surface area (Å²) in [6, 6.07) is 20.8. The highest BCUT2D eigenvalue weighted by atomic mass is 79.9. The van der Waals surface area contributed by atoms with Gasteiger partial charge in [0.05, 0.1) is 28.7 Å². The van der Waals surface area contributed by atoms with Crippen LogP contribution in [0.4, 0.5) is 0 Å². The van der Waals surface area contributed by atoms with Gasteiger partial charge in [0.25, 0.3) is 0 Å². The van der Waals surface area contributed by atoms with Crippen molar-refractivity contribution in [3.8, 4) is 23.0 Å². The summed E-state index contributed by atoms with van der Waals surface area (Å²) in [4.78, 5) is 0. The number of allylic oxidation sites excluding steroid dienone is 2. The second-order valence-corrected chi connectivity index (χ2v) is 9.85. The Bertz CT molecular complexity index is 1240. The number of aliphatic hydroxyl groups excluding tert-OH is 1. The average molecular weight is 474 g/mol. The molecule has 1 N–H and O–H groups in total. The van der Waals surface area contributed by atoms with Crippen LogP contribution in [0.2, 0.25) is 0 Å². The third-order valence-electron chi connectivity index (χ3n) is 7.17. The molecule has 31 heavy (non-hydrogen) atoms. The molecule has 0 saturated heterocycles. The van der Waals surface area contributed by atoms with E-state index in [0.29, 0.717) is 12.0 Å². The van der Waals surface area contributed by atoms with Crippen LogP contribution in [0.25, 0.3) is 16.9 Å². The van der Waals surface area contributed by atoms with Crippen LogP contribution in [0.1, 0.15) is 37.9 Å². The minimum absolute atomic E-state index is 0.0485. The molecule has 1 heterocycles. The summed E-state index contributed by atoms with van der Waals surface area (Å²) in [6.07, 6.45) is 2.41. The number of aliphatic hydroxyl groups is 1. The zero-order valence-electron chi connectivity index (χ0n) is 17.6. The first-order chi connectivity index (χ1) is 14.9. The molecule has 4 nitrogen and oxygen atoms in total. The van der Waals surface area contributed by atoms with Gasteiger partial charge in [-0.25, -0.2) is 4.68 Å². The van der Waals surface area contributed by atoms with Crippen molar-refractivity contribution in [2.45, 2.75) is 38.5 Å². The van der Waals surface area contributed by atoms with Crippen molar-refractivity contribution in [3.63, 3.8) is 0 Å². The van der Waals surface area contributed by atoms with E-state index in [1.165, 1.54) is 11.3 Å². The number of halogens is 1. The van der Waals surface area contributed by atoms with Crippen molar-refractivity contribution in [2.24, 2.45) is 11.8 Å². The first-order valence-corrected chi connectivity index (χ1v) is 11.5. The third kappa shape index (κ3) is 3.04. The number of aromatic nitrogens is 2. The molecular weight excluding hydrogens is 450 g/mol. The molecule has 0 aliphatic heterocycles. The van der Waals surface area contributed by atoms with Gasteiger partial charge in [-0.05, 0) is 43.4 Å². The highest BCUT2D eigenvalue weighted by molar-refractivity contribution is 9.10. The molecule has 5 heteroatoms. The average Bonchev–Trinajstić information content (AvgIpc) is 3.18. The molecule has 0 fully saturated rings.